The van der Waals surface area contributed by atoms with Gasteiger partial charge in [-0.1, -0.05) is 0 Å². The molecule has 2 rings (SSSR count). The molecule has 2 N–H and O–H groups in total. The Morgan fingerprint density at radius 1 is 1.62 bits per heavy atom. The molecule has 0 aromatic carbocycles. The molecule has 1 unspecified atom stereocenters. The van der Waals surface area contributed by atoms with Crippen LogP contribution in [0.2, 0.25) is 0 Å². The second-order valence-electron chi connectivity index (χ2n) is 4.45. The van der Waals surface area contributed by atoms with Crippen LogP contribution >= 0.6 is 0 Å². The average Bonchev–Trinajstić information content (AvgIpc) is 2.84. The van der Waals surface area contributed by atoms with E-state index in [4.69, 9.17) is 5.73 Å². The van der Waals surface area contributed by atoms with Crippen molar-refractivity contribution in [2.45, 2.75) is 18.8 Å². The number of nitrogens with zero attached hydrogens (tertiary/aromatic N) is 3. The predicted molar refractivity (Wildman–Crippen MR) is 62.0 cm³/mol. The van der Waals surface area contributed by atoms with Gasteiger partial charge in [0.05, 0.1) is 12.4 Å². The minimum Gasteiger partial charge on any atom is -0.384 e. The highest BCUT2D eigenvalue weighted by Gasteiger charge is 2.25. The highest BCUT2D eigenvalue weighted by molar-refractivity contribution is 5.32. The van der Waals surface area contributed by atoms with Gasteiger partial charge in [0, 0.05) is 32.1 Å². The Bertz CT molecular complexity index is 330. The van der Waals surface area contributed by atoms with Crippen LogP contribution in [0.3, 0.4) is 0 Å². The number of anilines is 1. The molecule has 0 saturated carbocycles. The molecule has 1 aromatic heterocycles. The van der Waals surface area contributed by atoms with Crippen LogP contribution in [0, 0.1) is 0 Å². The Balaban J connectivity index is 1.93. The summed E-state index contributed by atoms with van der Waals surface area (Å²) in [5.74, 6) is 1.17. The number of aryl methyl sites for hydroxylation is 1. The first-order valence-electron chi connectivity index (χ1n) is 5.78. The summed E-state index contributed by atoms with van der Waals surface area (Å²) >= 11 is 0. The van der Waals surface area contributed by atoms with E-state index in [0.29, 0.717) is 18.2 Å². The van der Waals surface area contributed by atoms with E-state index < -0.39 is 0 Å². The van der Waals surface area contributed by atoms with Crippen molar-refractivity contribution < 1.29 is 4.39 Å². The Morgan fingerprint density at radius 2 is 2.44 bits per heavy atom. The van der Waals surface area contributed by atoms with Crippen LogP contribution in [0.1, 0.15) is 24.5 Å². The predicted octanol–water partition coefficient (Wildman–Crippen LogP) is 1.15. The lowest BCUT2D eigenvalue weighted by molar-refractivity contribution is 0.308. The Morgan fingerprint density at radius 3 is 3.06 bits per heavy atom. The third kappa shape index (κ3) is 2.35. The molecule has 16 heavy (non-hydrogen) atoms. The lowest BCUT2D eigenvalue weighted by atomic mass is 10.1. The van der Waals surface area contributed by atoms with Gasteiger partial charge in [0.25, 0.3) is 0 Å². The van der Waals surface area contributed by atoms with Crippen molar-refractivity contribution in [3.05, 3.63) is 11.8 Å². The minimum atomic E-state index is -0.225. The molecule has 1 saturated heterocycles. The normalized spacial score (nSPS) is 21.8. The summed E-state index contributed by atoms with van der Waals surface area (Å²) in [5, 5.41) is 4.40. The molecule has 0 bridgehead atoms. The van der Waals surface area contributed by atoms with Crippen molar-refractivity contribution in [1.82, 2.24) is 14.7 Å². The summed E-state index contributed by atoms with van der Waals surface area (Å²) < 4.78 is 13.8. The number of nitrogen functional groups attached to an aromatic ring is 1. The zero-order chi connectivity index (χ0) is 11.5. The van der Waals surface area contributed by atoms with Crippen molar-refractivity contribution in [1.29, 1.82) is 0 Å². The van der Waals surface area contributed by atoms with Gasteiger partial charge in [-0.15, -0.1) is 0 Å². The first-order valence-corrected chi connectivity index (χ1v) is 5.78. The smallest absolute Gasteiger partial charge is 0.121 e. The number of hydrogen-bond acceptors (Lipinski definition) is 3. The van der Waals surface area contributed by atoms with E-state index in [1.54, 1.807) is 4.68 Å². The summed E-state index contributed by atoms with van der Waals surface area (Å²) in [7, 11) is 1.86. The van der Waals surface area contributed by atoms with Crippen LogP contribution in [-0.4, -0.2) is 41.0 Å². The molecule has 2 heterocycles. The second-order valence-corrected chi connectivity index (χ2v) is 4.45. The number of nitrogens with two attached hydrogens (primary N) is 1. The highest BCUT2D eigenvalue weighted by atomic mass is 19.1. The molecule has 1 atom stereocenters. The summed E-state index contributed by atoms with van der Waals surface area (Å²) in [4.78, 5) is 2.30. The van der Waals surface area contributed by atoms with Gasteiger partial charge in [0.1, 0.15) is 5.82 Å². The number of likely N-dealkylation sites (tertiary alicyclic amines) is 1. The van der Waals surface area contributed by atoms with E-state index in [2.05, 4.69) is 10.00 Å². The van der Waals surface area contributed by atoms with Crippen LogP contribution in [0.15, 0.2) is 6.07 Å². The van der Waals surface area contributed by atoms with E-state index >= 15 is 0 Å². The summed E-state index contributed by atoms with van der Waals surface area (Å²) in [6.45, 7) is 2.66. The molecule has 0 amide bonds. The van der Waals surface area contributed by atoms with Gasteiger partial charge in [0.2, 0.25) is 0 Å². The van der Waals surface area contributed by atoms with Crippen molar-refractivity contribution in [2.75, 3.05) is 32.0 Å². The van der Waals surface area contributed by atoms with Crippen molar-refractivity contribution in [3.63, 3.8) is 0 Å². The fourth-order valence-electron chi connectivity index (χ4n) is 2.26. The molecule has 0 spiro atoms. The minimum absolute atomic E-state index is 0.225. The Kier molecular flexibility index (Phi) is 3.43. The van der Waals surface area contributed by atoms with E-state index in [9.17, 15) is 4.39 Å². The number of rotatable bonds is 4. The third-order valence-electron chi connectivity index (χ3n) is 3.23. The van der Waals surface area contributed by atoms with Crippen molar-refractivity contribution in [3.8, 4) is 0 Å². The van der Waals surface area contributed by atoms with Gasteiger partial charge >= 0.3 is 0 Å². The number of halogens is 1. The van der Waals surface area contributed by atoms with Crippen LogP contribution in [0.25, 0.3) is 0 Å². The molecule has 1 aliphatic heterocycles. The van der Waals surface area contributed by atoms with E-state index in [1.165, 1.54) is 0 Å². The lowest BCUT2D eigenvalue weighted by Gasteiger charge is -2.13. The monoisotopic (exact) mass is 226 g/mol. The fraction of sp³-hybridized carbons (Fsp3) is 0.727. The zero-order valence-electron chi connectivity index (χ0n) is 9.69. The summed E-state index contributed by atoms with van der Waals surface area (Å²) in [6, 6.07) is 1.95. The largest absolute Gasteiger partial charge is 0.384 e. The van der Waals surface area contributed by atoms with Crippen LogP contribution in [0.4, 0.5) is 10.2 Å². The molecule has 4 nitrogen and oxygen atoms in total. The van der Waals surface area contributed by atoms with Gasteiger partial charge in [-0.25, -0.2) is 0 Å². The van der Waals surface area contributed by atoms with Crippen LogP contribution < -0.4 is 5.73 Å². The van der Waals surface area contributed by atoms with Crippen molar-refractivity contribution in [2.24, 2.45) is 7.05 Å². The number of alkyl halides is 1. The first kappa shape index (κ1) is 11.4. The first-order chi connectivity index (χ1) is 7.70. The molecular weight excluding hydrogens is 207 g/mol. The Labute approximate surface area is 95.2 Å². The average molecular weight is 226 g/mol. The van der Waals surface area contributed by atoms with E-state index in [0.717, 1.165) is 31.7 Å². The SMILES string of the molecule is Cn1nc(C2CCN(CCCF)C2)cc1N. The third-order valence-corrected chi connectivity index (χ3v) is 3.23. The maximum atomic E-state index is 12.1. The Hall–Kier alpha value is -1.10. The van der Waals surface area contributed by atoms with E-state index in [-0.39, 0.29) is 6.67 Å². The molecule has 1 aromatic rings. The molecule has 1 fully saturated rings. The molecule has 1 aliphatic rings. The second kappa shape index (κ2) is 4.82. The summed E-state index contributed by atoms with van der Waals surface area (Å²) in [6.07, 6.45) is 1.74. The van der Waals surface area contributed by atoms with Crippen molar-refractivity contribution >= 4 is 5.82 Å². The van der Waals surface area contributed by atoms with Gasteiger partial charge in [-0.3, -0.25) is 9.07 Å². The van der Waals surface area contributed by atoms with Gasteiger partial charge in [0.15, 0.2) is 0 Å². The maximum absolute atomic E-state index is 12.1. The number of hydrogen-bond donors (Lipinski definition) is 1. The van der Waals surface area contributed by atoms with E-state index in [1.807, 2.05) is 13.1 Å². The quantitative estimate of drug-likeness (QED) is 0.837. The van der Waals surface area contributed by atoms with Gasteiger partial charge in [-0.05, 0) is 19.4 Å². The molecule has 90 valence electrons. The topological polar surface area (TPSA) is 47.1 Å². The van der Waals surface area contributed by atoms with Gasteiger partial charge < -0.3 is 10.6 Å². The molecule has 0 aliphatic carbocycles. The molecule has 0 radical (unpaired) electrons. The lowest BCUT2D eigenvalue weighted by Crippen LogP contribution is -2.22. The molecular formula is C11H19FN4. The molecule has 5 heteroatoms. The van der Waals surface area contributed by atoms with Crippen LogP contribution in [-0.2, 0) is 7.05 Å². The zero-order valence-corrected chi connectivity index (χ0v) is 9.69. The number of aromatic nitrogens is 2. The summed E-state index contributed by atoms with van der Waals surface area (Å²) in [5.41, 5.74) is 6.83. The standard InChI is InChI=1S/C11H19FN4/c1-15-11(13)7-10(14-15)9-3-6-16(8-9)5-2-4-12/h7,9H,2-6,8,13H2,1H3. The van der Waals surface area contributed by atoms with Crippen LogP contribution in [0.5, 0.6) is 0 Å². The highest BCUT2D eigenvalue weighted by Crippen LogP contribution is 2.27. The maximum Gasteiger partial charge on any atom is 0.121 e. The fourth-order valence-corrected chi connectivity index (χ4v) is 2.26. The van der Waals surface area contributed by atoms with Gasteiger partial charge in [-0.2, -0.15) is 5.10 Å².